The molecule has 18 heavy (non-hydrogen) atoms. The molecule has 96 valence electrons. The second-order valence-electron chi connectivity index (χ2n) is 4.13. The smallest absolute Gasteiger partial charge is 0.238 e. The molecule has 6 heteroatoms. The lowest BCUT2D eigenvalue weighted by Crippen LogP contribution is -2.36. The van der Waals surface area contributed by atoms with Crippen molar-refractivity contribution in [3.05, 3.63) is 27.8 Å². The Balaban J connectivity index is 2.14. The lowest BCUT2D eigenvalue weighted by Gasteiger charge is -2.17. The average Bonchev–Trinajstić information content (AvgIpc) is 2.56. The number of carbonyl (C=O) groups excluding carboxylic acids is 1. The van der Waals surface area contributed by atoms with Crippen molar-refractivity contribution in [1.82, 2.24) is 5.01 Å². The third-order valence-electron chi connectivity index (χ3n) is 2.81. The van der Waals surface area contributed by atoms with Crippen molar-refractivity contribution in [1.29, 1.82) is 0 Å². The molecule has 0 aliphatic carbocycles. The number of carbonyl (C=O) groups is 1. The van der Waals surface area contributed by atoms with Gasteiger partial charge in [-0.05, 0) is 41.6 Å². The van der Waals surface area contributed by atoms with E-state index in [4.69, 9.17) is 0 Å². The highest BCUT2D eigenvalue weighted by Gasteiger charge is 2.38. The fourth-order valence-electron chi connectivity index (χ4n) is 1.87. The van der Waals surface area contributed by atoms with Crippen LogP contribution in [0, 0.1) is 9.49 Å². The summed E-state index contributed by atoms with van der Waals surface area (Å²) in [7, 11) is 1.52. The van der Waals surface area contributed by atoms with Crippen molar-refractivity contribution >= 4 is 39.9 Å². The summed E-state index contributed by atoms with van der Waals surface area (Å²) in [6, 6.07) is 7.38. The number of nitrogens with one attached hydrogen (secondary N) is 1. The minimum atomic E-state index is -1.40. The first-order valence-electron chi connectivity index (χ1n) is 5.48. The fraction of sp³-hybridized carbons (Fsp3) is 0.333. The zero-order chi connectivity index (χ0) is 13.3. The second kappa shape index (κ2) is 5.21. The van der Waals surface area contributed by atoms with Crippen molar-refractivity contribution in [3.63, 3.8) is 0 Å². The summed E-state index contributed by atoms with van der Waals surface area (Å²) < 4.78 is 14.8. The fourth-order valence-corrected chi connectivity index (χ4v) is 2.39. The Morgan fingerprint density at radius 2 is 2.17 bits per heavy atom. The SMILES string of the molecule is CC1=NN(C)C(F)C1C(=O)Nc1ccccc1I. The lowest BCUT2D eigenvalue weighted by molar-refractivity contribution is -0.120. The molecule has 2 rings (SSSR count). The first-order chi connectivity index (χ1) is 8.50. The van der Waals surface area contributed by atoms with Gasteiger partial charge in [0.25, 0.3) is 0 Å². The molecule has 0 bridgehead atoms. The number of amides is 1. The van der Waals surface area contributed by atoms with Gasteiger partial charge in [0.15, 0.2) is 0 Å². The molecular weight excluding hydrogens is 348 g/mol. The highest BCUT2D eigenvalue weighted by atomic mass is 127. The average molecular weight is 361 g/mol. The van der Waals surface area contributed by atoms with E-state index in [2.05, 4.69) is 33.0 Å². The lowest BCUT2D eigenvalue weighted by atomic mass is 10.0. The number of benzene rings is 1. The van der Waals surface area contributed by atoms with E-state index in [9.17, 15) is 9.18 Å². The van der Waals surface area contributed by atoms with Crippen molar-refractivity contribution < 1.29 is 9.18 Å². The van der Waals surface area contributed by atoms with Crippen LogP contribution in [0.4, 0.5) is 10.1 Å². The summed E-state index contributed by atoms with van der Waals surface area (Å²) in [5.41, 5.74) is 1.19. The Hall–Kier alpha value is -1.18. The largest absolute Gasteiger partial charge is 0.324 e. The zero-order valence-electron chi connectivity index (χ0n) is 10.0. The maximum atomic E-state index is 13.8. The molecule has 0 saturated carbocycles. The number of para-hydroxylation sites is 1. The van der Waals surface area contributed by atoms with Crippen LogP contribution < -0.4 is 5.32 Å². The van der Waals surface area contributed by atoms with E-state index >= 15 is 0 Å². The number of hydrogen-bond donors (Lipinski definition) is 1. The summed E-state index contributed by atoms with van der Waals surface area (Å²) in [5, 5.41) is 7.86. The van der Waals surface area contributed by atoms with Gasteiger partial charge in [0.05, 0.1) is 11.4 Å². The molecule has 1 aromatic carbocycles. The van der Waals surface area contributed by atoms with Crippen LogP contribution in [-0.2, 0) is 4.79 Å². The predicted molar refractivity (Wildman–Crippen MR) is 77.0 cm³/mol. The van der Waals surface area contributed by atoms with Crippen LogP contribution in [0.5, 0.6) is 0 Å². The monoisotopic (exact) mass is 361 g/mol. The number of halogens is 2. The highest BCUT2D eigenvalue weighted by Crippen LogP contribution is 2.24. The van der Waals surface area contributed by atoms with E-state index in [1.807, 2.05) is 18.2 Å². The first-order valence-corrected chi connectivity index (χ1v) is 6.56. The van der Waals surface area contributed by atoms with Crippen LogP contribution in [-0.4, -0.2) is 30.0 Å². The predicted octanol–water partition coefficient (Wildman–Crippen LogP) is 2.46. The zero-order valence-corrected chi connectivity index (χ0v) is 12.2. The molecule has 0 spiro atoms. The molecule has 1 heterocycles. The van der Waals surface area contributed by atoms with Gasteiger partial charge in [0.1, 0.15) is 5.92 Å². The van der Waals surface area contributed by atoms with Gasteiger partial charge in [-0.1, -0.05) is 12.1 Å². The minimum absolute atomic E-state index is 0.364. The first kappa shape index (κ1) is 13.3. The Morgan fingerprint density at radius 3 is 2.72 bits per heavy atom. The third kappa shape index (κ3) is 2.47. The topological polar surface area (TPSA) is 44.7 Å². The number of hydrogen-bond acceptors (Lipinski definition) is 3. The van der Waals surface area contributed by atoms with E-state index in [1.54, 1.807) is 13.0 Å². The molecule has 1 aromatic rings. The summed E-state index contributed by atoms with van der Waals surface area (Å²) in [4.78, 5) is 12.1. The van der Waals surface area contributed by atoms with E-state index in [-0.39, 0.29) is 5.91 Å². The third-order valence-corrected chi connectivity index (χ3v) is 3.75. The van der Waals surface area contributed by atoms with E-state index in [1.165, 1.54) is 12.1 Å². The van der Waals surface area contributed by atoms with Gasteiger partial charge in [-0.3, -0.25) is 9.80 Å². The standard InChI is InChI=1S/C12H13FIN3O/c1-7-10(11(13)17(2)16-7)12(18)15-9-6-4-3-5-8(9)14/h3-6,10-11H,1-2H3,(H,15,18). The summed E-state index contributed by atoms with van der Waals surface area (Å²) in [6.45, 7) is 1.66. The molecule has 1 aliphatic heterocycles. The number of anilines is 1. The molecule has 2 atom stereocenters. The van der Waals surface area contributed by atoms with Gasteiger partial charge in [0.2, 0.25) is 12.2 Å². The molecule has 1 aliphatic rings. The van der Waals surface area contributed by atoms with Crippen molar-refractivity contribution in [2.75, 3.05) is 12.4 Å². The Morgan fingerprint density at radius 1 is 1.50 bits per heavy atom. The van der Waals surface area contributed by atoms with Gasteiger partial charge < -0.3 is 5.32 Å². The Labute approximate surface area is 118 Å². The van der Waals surface area contributed by atoms with E-state index < -0.39 is 12.2 Å². The van der Waals surface area contributed by atoms with Crippen LogP contribution in [0.1, 0.15) is 6.92 Å². The van der Waals surface area contributed by atoms with Crippen molar-refractivity contribution in [2.45, 2.75) is 13.2 Å². The number of nitrogens with zero attached hydrogens (tertiary/aromatic N) is 2. The molecule has 1 N–H and O–H groups in total. The van der Waals surface area contributed by atoms with Gasteiger partial charge in [-0.25, -0.2) is 4.39 Å². The van der Waals surface area contributed by atoms with Crippen molar-refractivity contribution in [2.24, 2.45) is 11.0 Å². The van der Waals surface area contributed by atoms with E-state index in [0.29, 0.717) is 11.4 Å². The van der Waals surface area contributed by atoms with Crippen LogP contribution in [0.25, 0.3) is 0 Å². The second-order valence-corrected chi connectivity index (χ2v) is 5.30. The van der Waals surface area contributed by atoms with Gasteiger partial charge in [0, 0.05) is 10.6 Å². The number of rotatable bonds is 2. The maximum Gasteiger partial charge on any atom is 0.238 e. The Kier molecular flexibility index (Phi) is 3.84. The quantitative estimate of drug-likeness (QED) is 0.650. The molecule has 4 nitrogen and oxygen atoms in total. The minimum Gasteiger partial charge on any atom is -0.324 e. The molecule has 2 unspecified atom stereocenters. The normalized spacial score (nSPS) is 22.9. The molecule has 0 aromatic heterocycles. The van der Waals surface area contributed by atoms with Gasteiger partial charge >= 0.3 is 0 Å². The van der Waals surface area contributed by atoms with Crippen LogP contribution in [0.3, 0.4) is 0 Å². The summed E-state index contributed by atoms with van der Waals surface area (Å²) in [5.74, 6) is -1.21. The van der Waals surface area contributed by atoms with Gasteiger partial charge in [-0.2, -0.15) is 5.10 Å². The summed E-state index contributed by atoms with van der Waals surface area (Å²) in [6.07, 6.45) is -1.40. The van der Waals surface area contributed by atoms with Gasteiger partial charge in [-0.15, -0.1) is 0 Å². The molecule has 0 radical (unpaired) electrons. The number of alkyl halides is 1. The molecule has 0 fully saturated rings. The van der Waals surface area contributed by atoms with E-state index in [0.717, 1.165) is 3.57 Å². The molecule has 1 amide bonds. The summed E-state index contributed by atoms with van der Waals surface area (Å²) >= 11 is 2.12. The molecule has 0 saturated heterocycles. The number of hydrazone groups is 1. The maximum absolute atomic E-state index is 13.8. The van der Waals surface area contributed by atoms with Crippen LogP contribution >= 0.6 is 22.6 Å². The highest BCUT2D eigenvalue weighted by molar-refractivity contribution is 14.1. The van der Waals surface area contributed by atoms with Crippen LogP contribution in [0.2, 0.25) is 0 Å². The molecular formula is C12H13FIN3O. The Bertz CT molecular complexity index is 506. The van der Waals surface area contributed by atoms with Crippen molar-refractivity contribution in [3.8, 4) is 0 Å². The van der Waals surface area contributed by atoms with Crippen LogP contribution in [0.15, 0.2) is 29.4 Å².